The molecule has 3 heteroatoms. The van der Waals surface area contributed by atoms with Gasteiger partial charge in [0.25, 0.3) is 0 Å². The van der Waals surface area contributed by atoms with E-state index in [1.54, 1.807) is 12.1 Å². The van der Waals surface area contributed by atoms with Gasteiger partial charge in [0.05, 0.1) is 11.0 Å². The molecule has 0 aliphatic heterocycles. The van der Waals surface area contributed by atoms with Crippen molar-refractivity contribution in [1.29, 1.82) is 0 Å². The fraction of sp³-hybridized carbons (Fsp3) is 0. The van der Waals surface area contributed by atoms with Gasteiger partial charge in [0.1, 0.15) is 11.6 Å². The third-order valence-electron chi connectivity index (χ3n) is 3.72. The van der Waals surface area contributed by atoms with Crippen LogP contribution in [-0.2, 0) is 0 Å². The van der Waals surface area contributed by atoms with Gasteiger partial charge in [-0.05, 0) is 23.8 Å². The van der Waals surface area contributed by atoms with E-state index < -0.39 is 0 Å². The number of para-hydroxylation sites is 1. The number of rotatable bonds is 2. The van der Waals surface area contributed by atoms with Gasteiger partial charge in [-0.15, -0.1) is 0 Å². The lowest BCUT2D eigenvalue weighted by molar-refractivity contribution is 0.475. The molecule has 1 heterocycles. The van der Waals surface area contributed by atoms with E-state index in [1.165, 1.54) is 0 Å². The van der Waals surface area contributed by atoms with Gasteiger partial charge >= 0.3 is 0 Å². The highest BCUT2D eigenvalue weighted by Gasteiger charge is 2.10. The molecule has 0 amide bonds. The molecule has 0 aliphatic rings. The maximum absolute atomic E-state index is 9.64. The Labute approximate surface area is 127 Å². The van der Waals surface area contributed by atoms with Crippen molar-refractivity contribution in [2.24, 2.45) is 0 Å². The lowest BCUT2D eigenvalue weighted by Gasteiger charge is -2.01. The molecule has 3 nitrogen and oxygen atoms in total. The third-order valence-corrected chi connectivity index (χ3v) is 3.72. The predicted molar refractivity (Wildman–Crippen MR) is 88.6 cm³/mol. The second kappa shape index (κ2) is 5.04. The standard InChI is InChI=1S/C19H14N2O/c22-15-9-4-8-14(12-15)19-20-17-11-5-10-16(18(17)21-19)13-6-2-1-3-7-13/h1-12,22H,(H,20,21). The molecule has 4 rings (SSSR count). The van der Waals surface area contributed by atoms with Crippen LogP contribution in [0.1, 0.15) is 0 Å². The highest BCUT2D eigenvalue weighted by atomic mass is 16.3. The van der Waals surface area contributed by atoms with Gasteiger partial charge in [-0.3, -0.25) is 0 Å². The Morgan fingerprint density at radius 2 is 1.55 bits per heavy atom. The van der Waals surface area contributed by atoms with Crippen molar-refractivity contribution in [1.82, 2.24) is 9.97 Å². The van der Waals surface area contributed by atoms with Gasteiger partial charge < -0.3 is 10.1 Å². The molecule has 106 valence electrons. The minimum Gasteiger partial charge on any atom is -0.508 e. The van der Waals surface area contributed by atoms with Crippen LogP contribution < -0.4 is 0 Å². The number of hydrogen-bond donors (Lipinski definition) is 2. The van der Waals surface area contributed by atoms with Crippen molar-refractivity contribution in [3.05, 3.63) is 72.8 Å². The van der Waals surface area contributed by atoms with Gasteiger partial charge in [0, 0.05) is 11.1 Å². The Hall–Kier alpha value is -3.07. The van der Waals surface area contributed by atoms with Gasteiger partial charge in [0.2, 0.25) is 0 Å². The van der Waals surface area contributed by atoms with E-state index in [4.69, 9.17) is 4.98 Å². The molecule has 4 aromatic rings. The molecule has 1 aromatic heterocycles. The lowest BCUT2D eigenvalue weighted by Crippen LogP contribution is -1.80. The smallest absolute Gasteiger partial charge is 0.138 e. The maximum atomic E-state index is 9.64. The van der Waals surface area contributed by atoms with Crippen molar-refractivity contribution in [2.75, 3.05) is 0 Å². The number of nitrogens with zero attached hydrogens (tertiary/aromatic N) is 1. The van der Waals surface area contributed by atoms with E-state index in [1.807, 2.05) is 42.5 Å². The summed E-state index contributed by atoms with van der Waals surface area (Å²) in [5.74, 6) is 0.996. The topological polar surface area (TPSA) is 48.9 Å². The fourth-order valence-corrected chi connectivity index (χ4v) is 2.67. The molecular weight excluding hydrogens is 272 g/mol. The Morgan fingerprint density at radius 1 is 0.773 bits per heavy atom. The van der Waals surface area contributed by atoms with Crippen LogP contribution >= 0.6 is 0 Å². The van der Waals surface area contributed by atoms with Crippen LogP contribution in [0.15, 0.2) is 72.8 Å². The molecule has 0 unspecified atom stereocenters. The second-order valence-electron chi connectivity index (χ2n) is 5.20. The maximum Gasteiger partial charge on any atom is 0.138 e. The second-order valence-corrected chi connectivity index (χ2v) is 5.20. The van der Waals surface area contributed by atoms with E-state index in [-0.39, 0.29) is 5.75 Å². The largest absolute Gasteiger partial charge is 0.508 e. The number of aromatic hydroxyl groups is 1. The molecule has 0 atom stereocenters. The average Bonchev–Trinajstić information content (AvgIpc) is 3.00. The molecule has 0 bridgehead atoms. The van der Waals surface area contributed by atoms with Crippen molar-refractivity contribution in [3.8, 4) is 28.3 Å². The first-order valence-electron chi connectivity index (χ1n) is 7.15. The van der Waals surface area contributed by atoms with Crippen LogP contribution in [-0.4, -0.2) is 15.1 Å². The first-order chi connectivity index (χ1) is 10.8. The summed E-state index contributed by atoms with van der Waals surface area (Å²) >= 11 is 0. The summed E-state index contributed by atoms with van der Waals surface area (Å²) in [6, 6.07) is 23.4. The average molecular weight is 286 g/mol. The van der Waals surface area contributed by atoms with Crippen molar-refractivity contribution in [2.45, 2.75) is 0 Å². The lowest BCUT2D eigenvalue weighted by atomic mass is 10.0. The van der Waals surface area contributed by atoms with Gasteiger partial charge in [0.15, 0.2) is 0 Å². The molecule has 0 spiro atoms. The van der Waals surface area contributed by atoms with Crippen LogP contribution in [0.5, 0.6) is 5.75 Å². The monoisotopic (exact) mass is 286 g/mol. The number of nitrogens with one attached hydrogen (secondary N) is 1. The summed E-state index contributed by atoms with van der Waals surface area (Å²) < 4.78 is 0. The summed E-state index contributed by atoms with van der Waals surface area (Å²) in [7, 11) is 0. The van der Waals surface area contributed by atoms with Crippen LogP contribution in [0, 0.1) is 0 Å². The van der Waals surface area contributed by atoms with Crippen molar-refractivity contribution in [3.63, 3.8) is 0 Å². The molecule has 2 N–H and O–H groups in total. The van der Waals surface area contributed by atoms with E-state index in [2.05, 4.69) is 23.2 Å². The highest BCUT2D eigenvalue weighted by Crippen LogP contribution is 2.30. The normalized spacial score (nSPS) is 10.9. The minimum absolute atomic E-state index is 0.237. The number of phenols is 1. The van der Waals surface area contributed by atoms with Gasteiger partial charge in [-0.2, -0.15) is 0 Å². The number of H-pyrrole nitrogens is 1. The zero-order chi connectivity index (χ0) is 14.9. The van der Waals surface area contributed by atoms with E-state index in [0.29, 0.717) is 0 Å². The quantitative estimate of drug-likeness (QED) is 0.565. The van der Waals surface area contributed by atoms with E-state index in [9.17, 15) is 5.11 Å². The van der Waals surface area contributed by atoms with Crippen LogP contribution in [0.4, 0.5) is 0 Å². The SMILES string of the molecule is Oc1cccc(-c2nc3c(-c4ccccc4)cccc3[nH]2)c1. The first-order valence-corrected chi connectivity index (χ1v) is 7.15. The molecule has 22 heavy (non-hydrogen) atoms. The first kappa shape index (κ1) is 12.7. The molecule has 0 aliphatic carbocycles. The number of benzene rings is 3. The van der Waals surface area contributed by atoms with Crippen molar-refractivity contribution < 1.29 is 5.11 Å². The zero-order valence-electron chi connectivity index (χ0n) is 11.8. The number of phenolic OH excluding ortho intramolecular Hbond substituents is 1. The predicted octanol–water partition coefficient (Wildman–Crippen LogP) is 4.60. The Bertz CT molecular complexity index is 942. The zero-order valence-corrected chi connectivity index (χ0v) is 11.8. The number of aromatic amines is 1. The van der Waals surface area contributed by atoms with Crippen LogP contribution in [0.25, 0.3) is 33.5 Å². The van der Waals surface area contributed by atoms with Gasteiger partial charge in [-0.25, -0.2) is 4.98 Å². The number of imidazole rings is 1. The number of hydrogen-bond acceptors (Lipinski definition) is 2. The summed E-state index contributed by atoms with van der Waals surface area (Å²) in [5.41, 5.74) is 5.03. The Morgan fingerprint density at radius 3 is 2.36 bits per heavy atom. The molecule has 0 saturated heterocycles. The van der Waals surface area contributed by atoms with E-state index >= 15 is 0 Å². The molecular formula is C19H14N2O. The third kappa shape index (κ3) is 2.13. The fourth-order valence-electron chi connectivity index (χ4n) is 2.67. The Balaban J connectivity index is 1.92. The van der Waals surface area contributed by atoms with Crippen LogP contribution in [0.2, 0.25) is 0 Å². The molecule has 0 fully saturated rings. The molecule has 0 radical (unpaired) electrons. The summed E-state index contributed by atoms with van der Waals surface area (Å²) in [6.45, 7) is 0. The summed E-state index contributed by atoms with van der Waals surface area (Å²) in [4.78, 5) is 8.06. The Kier molecular flexibility index (Phi) is 2.90. The van der Waals surface area contributed by atoms with Crippen molar-refractivity contribution >= 4 is 11.0 Å². The van der Waals surface area contributed by atoms with Crippen LogP contribution in [0.3, 0.4) is 0 Å². The van der Waals surface area contributed by atoms with Gasteiger partial charge in [-0.1, -0.05) is 54.6 Å². The van der Waals surface area contributed by atoms with E-state index in [0.717, 1.165) is 33.5 Å². The number of aromatic nitrogens is 2. The highest BCUT2D eigenvalue weighted by molar-refractivity contribution is 5.93. The molecule has 3 aromatic carbocycles. The summed E-state index contributed by atoms with van der Waals surface area (Å²) in [6.07, 6.45) is 0. The number of fused-ring (bicyclic) bond motifs is 1. The minimum atomic E-state index is 0.237. The molecule has 0 saturated carbocycles. The summed E-state index contributed by atoms with van der Waals surface area (Å²) in [5, 5.41) is 9.64.